The van der Waals surface area contributed by atoms with Crippen LogP contribution >= 0.6 is 0 Å². The molecule has 6 aromatic rings. The van der Waals surface area contributed by atoms with Crippen LogP contribution in [0.2, 0.25) is 0 Å². The van der Waals surface area contributed by atoms with Crippen LogP contribution in [-0.4, -0.2) is 9.97 Å². The van der Waals surface area contributed by atoms with E-state index in [4.69, 9.17) is 4.42 Å². The third-order valence-corrected chi connectivity index (χ3v) is 5.85. The fraction of sp³-hybridized carbons (Fsp3) is 0.0909. The minimum absolute atomic E-state index is 0. The summed E-state index contributed by atoms with van der Waals surface area (Å²) in [5.41, 5.74) is 9.45. The van der Waals surface area contributed by atoms with E-state index in [1.807, 2.05) is 67.8 Å². The molecule has 3 aromatic carbocycles. The van der Waals surface area contributed by atoms with Gasteiger partial charge in [0.05, 0.1) is 0 Å². The van der Waals surface area contributed by atoms with Crippen LogP contribution in [0.15, 0.2) is 108 Å². The van der Waals surface area contributed by atoms with Crippen molar-refractivity contribution in [3.05, 3.63) is 132 Å². The molecule has 6 rings (SSSR count). The van der Waals surface area contributed by atoms with Gasteiger partial charge in [-0.25, -0.2) is 0 Å². The SMILES string of the molecule is Cc1ccc(-c2[c-]cccc2)nc1.Cc1ccnc(-c2[c-]ccc(-c3cc4ccc(C)cc4o3)c2)c1.[Ir]. The first kappa shape index (κ1) is 26.2. The van der Waals surface area contributed by atoms with Gasteiger partial charge in [-0.15, -0.1) is 65.7 Å². The second-order valence-corrected chi connectivity index (χ2v) is 8.86. The first-order chi connectivity index (χ1) is 17.5. The third kappa shape index (κ3) is 6.48. The Morgan fingerprint density at radius 2 is 1.46 bits per heavy atom. The molecule has 3 nitrogen and oxygen atoms in total. The van der Waals surface area contributed by atoms with E-state index in [9.17, 15) is 0 Å². The Balaban J connectivity index is 0.000000195. The van der Waals surface area contributed by atoms with Crippen LogP contribution in [0, 0.1) is 32.9 Å². The minimum Gasteiger partial charge on any atom is -0.458 e. The number of fused-ring (bicyclic) bond motifs is 1. The van der Waals surface area contributed by atoms with E-state index in [0.29, 0.717) is 0 Å². The molecular weight excluding hydrogens is 633 g/mol. The Morgan fingerprint density at radius 1 is 0.649 bits per heavy atom. The molecule has 0 aliphatic rings. The Hall–Kier alpha value is -3.85. The maximum atomic E-state index is 6.02. The summed E-state index contributed by atoms with van der Waals surface area (Å²) in [6.07, 6.45) is 3.70. The van der Waals surface area contributed by atoms with Crippen molar-refractivity contribution in [1.29, 1.82) is 0 Å². The number of aryl methyl sites for hydroxylation is 3. The number of hydrogen-bond donors (Lipinski definition) is 0. The van der Waals surface area contributed by atoms with E-state index in [0.717, 1.165) is 44.8 Å². The molecule has 0 saturated heterocycles. The molecule has 0 aliphatic heterocycles. The second kappa shape index (κ2) is 11.9. The zero-order valence-corrected chi connectivity index (χ0v) is 23.3. The van der Waals surface area contributed by atoms with Crippen molar-refractivity contribution in [3.63, 3.8) is 0 Å². The summed E-state index contributed by atoms with van der Waals surface area (Å²) in [6.45, 7) is 6.17. The van der Waals surface area contributed by atoms with E-state index in [1.54, 1.807) is 0 Å². The molecule has 0 N–H and O–H groups in total. The summed E-state index contributed by atoms with van der Waals surface area (Å²) in [5, 5.41) is 1.12. The van der Waals surface area contributed by atoms with E-state index in [-0.39, 0.29) is 20.1 Å². The fourth-order valence-electron chi connectivity index (χ4n) is 3.91. The van der Waals surface area contributed by atoms with Gasteiger partial charge < -0.3 is 14.4 Å². The van der Waals surface area contributed by atoms with Crippen molar-refractivity contribution in [3.8, 4) is 33.8 Å². The molecule has 1 radical (unpaired) electrons. The summed E-state index contributed by atoms with van der Waals surface area (Å²) in [4.78, 5) is 8.75. The summed E-state index contributed by atoms with van der Waals surface area (Å²) in [5.74, 6) is 0.869. The van der Waals surface area contributed by atoms with Crippen LogP contribution in [0.25, 0.3) is 44.8 Å². The van der Waals surface area contributed by atoms with E-state index in [1.165, 1.54) is 16.7 Å². The summed E-state index contributed by atoms with van der Waals surface area (Å²) >= 11 is 0. The van der Waals surface area contributed by atoms with Crippen LogP contribution in [0.5, 0.6) is 0 Å². The predicted octanol–water partition coefficient (Wildman–Crippen LogP) is 8.43. The second-order valence-electron chi connectivity index (χ2n) is 8.86. The van der Waals surface area contributed by atoms with Crippen molar-refractivity contribution < 1.29 is 24.5 Å². The monoisotopic (exact) mass is 659 g/mol. The molecule has 185 valence electrons. The van der Waals surface area contributed by atoms with E-state index in [2.05, 4.69) is 78.4 Å². The van der Waals surface area contributed by atoms with Crippen molar-refractivity contribution in [1.82, 2.24) is 9.97 Å². The van der Waals surface area contributed by atoms with Crippen molar-refractivity contribution in [2.24, 2.45) is 0 Å². The number of pyridine rings is 2. The van der Waals surface area contributed by atoms with Crippen LogP contribution in [-0.2, 0) is 20.1 Å². The summed E-state index contributed by atoms with van der Waals surface area (Å²) in [7, 11) is 0. The Bertz CT molecular complexity index is 1610. The van der Waals surface area contributed by atoms with Gasteiger partial charge in [-0.05, 0) is 61.5 Å². The van der Waals surface area contributed by atoms with E-state index >= 15 is 0 Å². The smallest absolute Gasteiger partial charge is 0.134 e. The fourth-order valence-corrected chi connectivity index (χ4v) is 3.91. The van der Waals surface area contributed by atoms with Gasteiger partial charge in [-0.2, -0.15) is 0 Å². The first-order valence-electron chi connectivity index (χ1n) is 11.9. The molecule has 0 atom stereocenters. The number of rotatable bonds is 3. The molecule has 0 aliphatic carbocycles. The topological polar surface area (TPSA) is 38.9 Å². The Labute approximate surface area is 231 Å². The molecule has 37 heavy (non-hydrogen) atoms. The molecule has 4 heteroatoms. The third-order valence-electron chi connectivity index (χ3n) is 5.85. The standard InChI is InChI=1S/C21H16NO.C12H10N.Ir/c1-14-6-7-18-13-21(23-20(18)11-14)17-5-3-4-16(12-17)19-10-15(2)8-9-22-19;1-10-7-8-12(13-9-10)11-5-3-2-4-6-11;/h3,5-13H,1-2H3;2-5,7-9H,1H3;/q2*-1;. The number of nitrogens with zero attached hydrogens (tertiary/aromatic N) is 2. The van der Waals surface area contributed by atoms with Crippen molar-refractivity contribution in [2.45, 2.75) is 20.8 Å². The predicted molar refractivity (Wildman–Crippen MR) is 146 cm³/mol. The van der Waals surface area contributed by atoms with Gasteiger partial charge in [0, 0.05) is 37.9 Å². The zero-order chi connectivity index (χ0) is 24.9. The van der Waals surface area contributed by atoms with Crippen molar-refractivity contribution >= 4 is 11.0 Å². The number of furan rings is 1. The van der Waals surface area contributed by atoms with Gasteiger partial charge >= 0.3 is 0 Å². The molecule has 0 bridgehead atoms. The number of benzene rings is 3. The summed E-state index contributed by atoms with van der Waals surface area (Å²) < 4.78 is 6.02. The summed E-state index contributed by atoms with van der Waals surface area (Å²) in [6, 6.07) is 36.8. The van der Waals surface area contributed by atoms with Gasteiger partial charge in [0.15, 0.2) is 0 Å². The molecule has 0 saturated carbocycles. The van der Waals surface area contributed by atoms with Gasteiger partial charge in [0.25, 0.3) is 0 Å². The molecule has 0 amide bonds. The molecule has 0 fully saturated rings. The molecule has 0 unspecified atom stereocenters. The molecule has 3 aromatic heterocycles. The van der Waals surface area contributed by atoms with Crippen LogP contribution in [0.4, 0.5) is 0 Å². The van der Waals surface area contributed by atoms with Gasteiger partial charge in [0.1, 0.15) is 11.3 Å². The molecule has 3 heterocycles. The van der Waals surface area contributed by atoms with Gasteiger partial charge in [-0.3, -0.25) is 0 Å². The van der Waals surface area contributed by atoms with Gasteiger partial charge in [-0.1, -0.05) is 41.5 Å². The Morgan fingerprint density at radius 3 is 2.22 bits per heavy atom. The molecule has 0 spiro atoms. The van der Waals surface area contributed by atoms with Gasteiger partial charge in [0.2, 0.25) is 0 Å². The first-order valence-corrected chi connectivity index (χ1v) is 11.9. The largest absolute Gasteiger partial charge is 0.458 e. The average Bonchev–Trinajstić information content (AvgIpc) is 3.33. The normalized spacial score (nSPS) is 10.4. The average molecular weight is 659 g/mol. The van der Waals surface area contributed by atoms with Crippen LogP contribution in [0.3, 0.4) is 0 Å². The van der Waals surface area contributed by atoms with Crippen LogP contribution in [0.1, 0.15) is 16.7 Å². The quantitative estimate of drug-likeness (QED) is 0.179. The molecular formula is C33H26IrN2O-2. The van der Waals surface area contributed by atoms with Crippen LogP contribution < -0.4 is 0 Å². The number of hydrogen-bond acceptors (Lipinski definition) is 3. The Kier molecular flexibility index (Phi) is 8.45. The minimum atomic E-state index is 0. The number of aromatic nitrogens is 2. The van der Waals surface area contributed by atoms with E-state index < -0.39 is 0 Å². The zero-order valence-electron chi connectivity index (χ0n) is 21.0. The maximum absolute atomic E-state index is 6.02. The maximum Gasteiger partial charge on any atom is 0.134 e. The van der Waals surface area contributed by atoms with Crippen molar-refractivity contribution in [2.75, 3.05) is 0 Å².